The van der Waals surface area contributed by atoms with Gasteiger partial charge in [0.25, 0.3) is 5.91 Å². The molecule has 2 N–H and O–H groups in total. The Bertz CT molecular complexity index is 777. The zero-order valence-corrected chi connectivity index (χ0v) is 13.8. The van der Waals surface area contributed by atoms with Crippen LogP contribution in [0.5, 0.6) is 0 Å². The SMILES string of the molecule is N[C@@H]1CCN2C(=O)N(c3ccc(N4C(=O)C5CCC4C5)cc3)C(=O)[C@H]12. The number of piperidine rings is 1. The fraction of sp³-hybridized carbons (Fsp3) is 0.500. The van der Waals surface area contributed by atoms with Crippen LogP contribution in [0.25, 0.3) is 0 Å². The first-order valence-corrected chi connectivity index (χ1v) is 8.89. The molecule has 3 aliphatic heterocycles. The summed E-state index contributed by atoms with van der Waals surface area (Å²) in [6.45, 7) is 0.524. The van der Waals surface area contributed by atoms with Crippen LogP contribution < -0.4 is 15.5 Å². The number of imide groups is 1. The van der Waals surface area contributed by atoms with Gasteiger partial charge in [-0.3, -0.25) is 9.59 Å². The van der Waals surface area contributed by atoms with Crippen LogP contribution in [0.2, 0.25) is 0 Å². The summed E-state index contributed by atoms with van der Waals surface area (Å²) >= 11 is 0. The third kappa shape index (κ3) is 1.93. The lowest BCUT2D eigenvalue weighted by atomic mass is 10.1. The number of fused-ring (bicyclic) bond motifs is 3. The van der Waals surface area contributed by atoms with Gasteiger partial charge in [-0.15, -0.1) is 0 Å². The fourth-order valence-electron chi connectivity index (χ4n) is 4.83. The van der Waals surface area contributed by atoms with Crippen molar-refractivity contribution in [2.24, 2.45) is 11.7 Å². The minimum atomic E-state index is -0.539. The first kappa shape index (κ1) is 14.9. The van der Waals surface area contributed by atoms with E-state index >= 15 is 0 Å². The standard InChI is InChI=1S/C18H20N4O3/c19-14-7-8-20-15(14)17(24)22(18(20)25)12-5-3-11(4-6-12)21-13-2-1-10(9-13)16(21)23/h3-6,10,13-15H,1-2,7-9,19H2/t10?,13?,14-,15+/m1/s1. The fourth-order valence-corrected chi connectivity index (χ4v) is 4.83. The molecule has 7 nitrogen and oxygen atoms in total. The predicted octanol–water partition coefficient (Wildman–Crippen LogP) is 1.07. The van der Waals surface area contributed by atoms with Crippen LogP contribution in [0.3, 0.4) is 0 Å². The predicted molar refractivity (Wildman–Crippen MR) is 91.0 cm³/mol. The van der Waals surface area contributed by atoms with Crippen LogP contribution in [0, 0.1) is 5.92 Å². The number of nitrogens with two attached hydrogens (primary N) is 1. The molecule has 0 aromatic heterocycles. The first-order valence-electron chi connectivity index (χ1n) is 8.89. The summed E-state index contributed by atoms with van der Waals surface area (Å²) in [5, 5.41) is 0. The zero-order chi connectivity index (χ0) is 17.3. The maximum Gasteiger partial charge on any atom is 0.332 e. The molecular formula is C18H20N4O3. The molecular weight excluding hydrogens is 320 g/mol. The van der Waals surface area contributed by atoms with Crippen molar-refractivity contribution in [3.63, 3.8) is 0 Å². The van der Waals surface area contributed by atoms with Crippen molar-refractivity contribution in [3.8, 4) is 0 Å². The highest BCUT2D eigenvalue weighted by molar-refractivity contribution is 6.22. The highest BCUT2D eigenvalue weighted by Gasteiger charge is 2.52. The maximum absolute atomic E-state index is 12.6. The van der Waals surface area contributed by atoms with Gasteiger partial charge in [-0.1, -0.05) is 0 Å². The lowest BCUT2D eigenvalue weighted by molar-refractivity contribution is -0.121. The van der Waals surface area contributed by atoms with Gasteiger partial charge in [0, 0.05) is 30.2 Å². The van der Waals surface area contributed by atoms with Gasteiger partial charge in [-0.05, 0) is 49.9 Å². The van der Waals surface area contributed by atoms with Crippen molar-refractivity contribution in [2.75, 3.05) is 16.3 Å². The van der Waals surface area contributed by atoms with Crippen molar-refractivity contribution in [3.05, 3.63) is 24.3 Å². The summed E-state index contributed by atoms with van der Waals surface area (Å²) in [6, 6.07) is 6.32. The quantitative estimate of drug-likeness (QED) is 0.816. The Labute approximate surface area is 145 Å². The number of carbonyl (C=O) groups is 3. The summed E-state index contributed by atoms with van der Waals surface area (Å²) in [7, 11) is 0. The van der Waals surface area contributed by atoms with Crippen LogP contribution in [0.15, 0.2) is 24.3 Å². The highest BCUT2D eigenvalue weighted by atomic mass is 16.2. The molecule has 1 aromatic carbocycles. The average Bonchev–Trinajstić information content (AvgIpc) is 3.33. The molecule has 0 radical (unpaired) electrons. The Morgan fingerprint density at radius 3 is 2.28 bits per heavy atom. The van der Waals surface area contributed by atoms with Crippen LogP contribution in [-0.2, 0) is 9.59 Å². The second kappa shape index (κ2) is 5.05. The third-order valence-corrected chi connectivity index (χ3v) is 6.10. The molecule has 2 bridgehead atoms. The number of nitrogens with zero attached hydrogens (tertiary/aromatic N) is 3. The number of benzene rings is 1. The molecule has 0 spiro atoms. The van der Waals surface area contributed by atoms with E-state index in [1.165, 1.54) is 4.90 Å². The molecule has 1 saturated carbocycles. The largest absolute Gasteiger partial charge is 0.332 e. The molecule has 4 amide bonds. The number of carbonyl (C=O) groups excluding carboxylic acids is 3. The smallest absolute Gasteiger partial charge is 0.325 e. The highest BCUT2D eigenvalue weighted by Crippen LogP contribution is 2.41. The van der Waals surface area contributed by atoms with Crippen molar-refractivity contribution in [1.29, 1.82) is 0 Å². The minimum Gasteiger partial charge on any atom is -0.325 e. The van der Waals surface area contributed by atoms with Gasteiger partial charge in [0.05, 0.1) is 5.69 Å². The van der Waals surface area contributed by atoms with E-state index in [1.807, 2.05) is 17.0 Å². The van der Waals surface area contributed by atoms with Crippen molar-refractivity contribution in [2.45, 2.75) is 43.8 Å². The summed E-state index contributed by atoms with van der Waals surface area (Å²) in [4.78, 5) is 42.2. The van der Waals surface area contributed by atoms with Crippen LogP contribution in [-0.4, -0.2) is 47.4 Å². The maximum atomic E-state index is 12.6. The van der Waals surface area contributed by atoms with Crippen LogP contribution >= 0.6 is 0 Å². The molecule has 3 saturated heterocycles. The first-order chi connectivity index (χ1) is 12.1. The van der Waals surface area contributed by atoms with Crippen LogP contribution in [0.1, 0.15) is 25.7 Å². The third-order valence-electron chi connectivity index (χ3n) is 6.10. The topological polar surface area (TPSA) is 86.9 Å². The van der Waals surface area contributed by atoms with E-state index in [-0.39, 0.29) is 29.8 Å². The van der Waals surface area contributed by atoms with E-state index < -0.39 is 6.04 Å². The van der Waals surface area contributed by atoms with Crippen LogP contribution in [0.4, 0.5) is 16.2 Å². The Morgan fingerprint density at radius 2 is 1.64 bits per heavy atom. The number of rotatable bonds is 2. The monoisotopic (exact) mass is 340 g/mol. The molecule has 4 fully saturated rings. The Kier molecular flexibility index (Phi) is 3.01. The second-order valence-electron chi connectivity index (χ2n) is 7.44. The number of urea groups is 1. The molecule has 2 unspecified atom stereocenters. The molecule has 4 aliphatic rings. The van der Waals surface area contributed by atoms with Crippen molar-refractivity contribution in [1.82, 2.24) is 4.90 Å². The molecule has 25 heavy (non-hydrogen) atoms. The van der Waals surface area contributed by atoms with E-state index in [0.29, 0.717) is 24.7 Å². The van der Waals surface area contributed by atoms with Crippen molar-refractivity contribution >= 4 is 29.2 Å². The van der Waals surface area contributed by atoms with E-state index in [4.69, 9.17) is 5.73 Å². The molecule has 7 heteroatoms. The van der Waals surface area contributed by atoms with Gasteiger partial charge in [-0.25, -0.2) is 9.69 Å². The average molecular weight is 340 g/mol. The lowest BCUT2D eigenvalue weighted by Crippen LogP contribution is -2.41. The van der Waals surface area contributed by atoms with E-state index in [9.17, 15) is 14.4 Å². The summed E-state index contributed by atoms with van der Waals surface area (Å²) in [5.41, 5.74) is 7.37. The number of hydrogen-bond donors (Lipinski definition) is 1. The number of hydrogen-bond acceptors (Lipinski definition) is 4. The summed E-state index contributed by atoms with van der Waals surface area (Å²) < 4.78 is 0. The second-order valence-corrected chi connectivity index (χ2v) is 7.44. The summed E-state index contributed by atoms with van der Waals surface area (Å²) in [6.07, 6.45) is 3.65. The Hall–Kier alpha value is -2.41. The van der Waals surface area contributed by atoms with E-state index in [1.54, 1.807) is 17.0 Å². The van der Waals surface area contributed by atoms with Gasteiger partial charge in [0.2, 0.25) is 5.91 Å². The number of anilines is 2. The minimum absolute atomic E-state index is 0.167. The lowest BCUT2D eigenvalue weighted by Gasteiger charge is -2.27. The Morgan fingerprint density at radius 1 is 0.920 bits per heavy atom. The molecule has 1 aromatic rings. The van der Waals surface area contributed by atoms with Gasteiger partial charge in [0.15, 0.2) is 0 Å². The number of amides is 4. The zero-order valence-electron chi connectivity index (χ0n) is 13.8. The van der Waals surface area contributed by atoms with Crippen molar-refractivity contribution < 1.29 is 14.4 Å². The van der Waals surface area contributed by atoms with Gasteiger partial charge in [-0.2, -0.15) is 0 Å². The van der Waals surface area contributed by atoms with E-state index in [2.05, 4.69) is 0 Å². The Balaban J connectivity index is 1.42. The molecule has 5 rings (SSSR count). The normalized spacial score (nSPS) is 33.8. The van der Waals surface area contributed by atoms with Gasteiger partial charge >= 0.3 is 6.03 Å². The summed E-state index contributed by atoms with van der Waals surface area (Å²) in [5.74, 6) is 0.114. The molecule has 130 valence electrons. The molecule has 4 atom stereocenters. The van der Waals surface area contributed by atoms with Gasteiger partial charge in [0.1, 0.15) is 6.04 Å². The van der Waals surface area contributed by atoms with Gasteiger partial charge < -0.3 is 15.5 Å². The molecule has 1 aliphatic carbocycles. The van der Waals surface area contributed by atoms with E-state index in [0.717, 1.165) is 24.9 Å². The molecule has 3 heterocycles.